The summed E-state index contributed by atoms with van der Waals surface area (Å²) in [7, 11) is 3.18. The van der Waals surface area contributed by atoms with Crippen LogP contribution in [-0.2, 0) is 0 Å². The fourth-order valence-corrected chi connectivity index (χ4v) is 9.47. The van der Waals surface area contributed by atoms with Crippen LogP contribution in [0.2, 0.25) is 0 Å². The van der Waals surface area contributed by atoms with Crippen molar-refractivity contribution >= 4 is 66.9 Å². The Bertz CT molecular complexity index is 544. The van der Waals surface area contributed by atoms with Gasteiger partial charge in [-0.05, 0) is 21.6 Å². The Balaban J connectivity index is 2.37. The van der Waals surface area contributed by atoms with Crippen molar-refractivity contribution in [2.24, 2.45) is 0 Å². The highest BCUT2D eigenvalue weighted by Gasteiger charge is 2.24. The number of fused-ring (bicyclic) bond motifs is 3. The molecule has 0 amide bonds. The zero-order valence-corrected chi connectivity index (χ0v) is 11.2. The van der Waals surface area contributed by atoms with E-state index in [0.29, 0.717) is 0 Å². The van der Waals surface area contributed by atoms with Gasteiger partial charge in [-0.1, -0.05) is 45.3 Å². The van der Waals surface area contributed by atoms with Gasteiger partial charge in [0.25, 0.3) is 8.11 Å². The van der Waals surface area contributed by atoms with Crippen LogP contribution in [0.15, 0.2) is 18.0 Å². The fraction of sp³-hybridized carbons (Fsp3) is 0. The van der Waals surface area contributed by atoms with Gasteiger partial charge in [-0.15, -0.1) is 0 Å². The fourth-order valence-electron chi connectivity index (χ4n) is 0.999. The second-order valence-corrected chi connectivity index (χ2v) is 9.42. The lowest BCUT2D eigenvalue weighted by atomic mass is 10.5. The third-order valence-corrected chi connectivity index (χ3v) is 9.49. The second-order valence-electron chi connectivity index (χ2n) is 2.31. The predicted octanol–water partition coefficient (Wildman–Crippen LogP) is 3.43. The second kappa shape index (κ2) is 3.46. The van der Waals surface area contributed by atoms with Gasteiger partial charge < -0.3 is 0 Å². The van der Waals surface area contributed by atoms with Gasteiger partial charge in [0.1, 0.15) is 0 Å². The van der Waals surface area contributed by atoms with Crippen molar-refractivity contribution in [2.75, 3.05) is 0 Å². The maximum Gasteiger partial charge on any atom is 0.289 e. The van der Waals surface area contributed by atoms with Gasteiger partial charge in [0.05, 0.1) is 18.2 Å². The molecule has 0 aliphatic carbocycles. The summed E-state index contributed by atoms with van der Waals surface area (Å²) < 4.78 is 2.32. The molecule has 2 aromatic rings. The first kappa shape index (κ1) is 9.61. The van der Waals surface area contributed by atoms with Crippen LogP contribution in [0.4, 0.5) is 0 Å². The van der Waals surface area contributed by atoms with Crippen molar-refractivity contribution in [3.8, 4) is 9.75 Å². The summed E-state index contributed by atoms with van der Waals surface area (Å²) >= 11 is 5.06. The minimum absolute atomic E-state index is 0.113. The first-order valence-electron chi connectivity index (χ1n) is 3.37. The Morgan fingerprint density at radius 3 is 1.50 bits per heavy atom. The Hall–Kier alpha value is 0.400. The molecular formula is C6O2S6. The molecule has 1 aliphatic heterocycles. The van der Waals surface area contributed by atoms with E-state index < -0.39 is 0 Å². The van der Waals surface area contributed by atoms with E-state index in [4.69, 9.17) is 0 Å². The van der Waals surface area contributed by atoms with Crippen molar-refractivity contribution in [1.29, 1.82) is 0 Å². The first-order chi connectivity index (χ1) is 6.74. The molecule has 14 heavy (non-hydrogen) atoms. The number of hydrogen-bond acceptors (Lipinski definition) is 8. The molecule has 0 saturated heterocycles. The molecule has 2 nitrogen and oxygen atoms in total. The summed E-state index contributed by atoms with van der Waals surface area (Å²) in [6, 6.07) is 0. The molecule has 0 unspecified atom stereocenters. The van der Waals surface area contributed by atoms with Gasteiger partial charge in [0.15, 0.2) is 0 Å². The summed E-state index contributed by atoms with van der Waals surface area (Å²) in [4.78, 5) is 24.4. The van der Waals surface area contributed by atoms with Gasteiger partial charge in [-0.3, -0.25) is 9.59 Å². The van der Waals surface area contributed by atoms with Crippen LogP contribution in [0.25, 0.3) is 9.75 Å². The Morgan fingerprint density at radius 2 is 1.07 bits per heavy atom. The zero-order valence-electron chi connectivity index (χ0n) is 6.27. The highest BCUT2D eigenvalue weighted by molar-refractivity contribution is 8.77. The van der Waals surface area contributed by atoms with Gasteiger partial charge in [0.2, 0.25) is 0 Å². The molecule has 0 bridgehead atoms. The van der Waals surface area contributed by atoms with Gasteiger partial charge >= 0.3 is 0 Å². The molecule has 72 valence electrons. The topological polar surface area (TPSA) is 34.1 Å². The summed E-state index contributed by atoms with van der Waals surface area (Å²) in [6.07, 6.45) is 0. The van der Waals surface area contributed by atoms with E-state index in [2.05, 4.69) is 0 Å². The lowest BCUT2D eigenvalue weighted by molar-refractivity contribution is 1.71. The Labute approximate surface area is 102 Å². The Kier molecular flexibility index (Phi) is 2.38. The number of rotatable bonds is 0. The van der Waals surface area contributed by atoms with Crippen LogP contribution in [0.1, 0.15) is 0 Å². The predicted molar refractivity (Wildman–Crippen MR) is 67.6 cm³/mol. The molecule has 3 rings (SSSR count). The van der Waals surface area contributed by atoms with E-state index in [1.54, 1.807) is 21.6 Å². The summed E-state index contributed by atoms with van der Waals surface area (Å²) in [5, 5.41) is 0. The Morgan fingerprint density at radius 1 is 0.643 bits per heavy atom. The quantitative estimate of drug-likeness (QED) is 0.698. The van der Waals surface area contributed by atoms with Gasteiger partial charge in [-0.25, -0.2) is 0 Å². The van der Waals surface area contributed by atoms with Crippen LogP contribution in [0, 0.1) is 0 Å². The van der Waals surface area contributed by atoms with Crippen LogP contribution in [0.5, 0.6) is 0 Å². The maximum atomic E-state index is 11.2. The molecule has 0 spiro atoms. The molecule has 0 N–H and O–H groups in total. The SMILES string of the molecule is O=c1sc2c(s1)-c1sc(=O)sc1SS2. The van der Waals surface area contributed by atoms with Crippen LogP contribution in [-0.4, -0.2) is 0 Å². The van der Waals surface area contributed by atoms with E-state index in [-0.39, 0.29) is 8.11 Å². The summed E-state index contributed by atoms with van der Waals surface area (Å²) in [5.74, 6) is 0. The molecule has 1 aliphatic rings. The molecule has 8 heteroatoms. The van der Waals surface area contributed by atoms with E-state index in [1.807, 2.05) is 0 Å². The summed E-state index contributed by atoms with van der Waals surface area (Å²) in [6.45, 7) is 0. The van der Waals surface area contributed by atoms with Crippen molar-refractivity contribution in [3.05, 3.63) is 17.7 Å². The monoisotopic (exact) mass is 296 g/mol. The largest absolute Gasteiger partial charge is 0.289 e. The molecule has 0 saturated carbocycles. The molecule has 0 fully saturated rings. The van der Waals surface area contributed by atoms with E-state index in [0.717, 1.165) is 18.2 Å². The van der Waals surface area contributed by atoms with Gasteiger partial charge in [-0.2, -0.15) is 0 Å². The zero-order chi connectivity index (χ0) is 9.71. The van der Waals surface area contributed by atoms with Crippen molar-refractivity contribution in [2.45, 2.75) is 8.42 Å². The number of hydrogen-bond donors (Lipinski definition) is 0. The van der Waals surface area contributed by atoms with Crippen LogP contribution >= 0.6 is 66.9 Å². The average Bonchev–Trinajstić information content (AvgIpc) is 2.65. The van der Waals surface area contributed by atoms with Crippen molar-refractivity contribution in [3.63, 3.8) is 0 Å². The highest BCUT2D eigenvalue weighted by atomic mass is 33.1. The highest BCUT2D eigenvalue weighted by Crippen LogP contribution is 2.55. The standard InChI is InChI=1S/C6O2S6/c7-5-9-1-2-4(12-6(8)10-2)14-13-3(1)11-5. The minimum atomic E-state index is 0.113. The first-order valence-corrected chi connectivity index (χ1v) is 8.78. The lowest BCUT2D eigenvalue weighted by Crippen LogP contribution is -1.75. The molecule has 2 aromatic heterocycles. The van der Waals surface area contributed by atoms with E-state index in [1.165, 1.54) is 45.3 Å². The molecule has 0 radical (unpaired) electrons. The normalized spacial score (nSPS) is 13.7. The van der Waals surface area contributed by atoms with Crippen molar-refractivity contribution in [1.82, 2.24) is 0 Å². The minimum Gasteiger partial charge on any atom is -0.265 e. The molecule has 3 heterocycles. The maximum absolute atomic E-state index is 11.2. The molecule has 0 atom stereocenters. The molecule has 0 aromatic carbocycles. The van der Waals surface area contributed by atoms with Gasteiger partial charge in [0, 0.05) is 0 Å². The smallest absolute Gasteiger partial charge is 0.265 e. The lowest BCUT2D eigenvalue weighted by Gasteiger charge is -2.06. The van der Waals surface area contributed by atoms with Crippen LogP contribution in [0.3, 0.4) is 0 Å². The van der Waals surface area contributed by atoms with Crippen molar-refractivity contribution < 1.29 is 0 Å². The average molecular weight is 296 g/mol. The summed E-state index contributed by atoms with van der Waals surface area (Å²) in [5.41, 5.74) is 0. The third-order valence-electron chi connectivity index (χ3n) is 1.49. The van der Waals surface area contributed by atoms with Crippen LogP contribution < -0.4 is 8.11 Å². The molecular weight excluding hydrogens is 296 g/mol. The van der Waals surface area contributed by atoms with E-state index >= 15 is 0 Å². The van der Waals surface area contributed by atoms with E-state index in [9.17, 15) is 9.59 Å². The third kappa shape index (κ3) is 1.44.